The summed E-state index contributed by atoms with van der Waals surface area (Å²) in [6, 6.07) is 11.7. The molecular formula is C18H21N2O2+. The summed E-state index contributed by atoms with van der Waals surface area (Å²) in [5.74, 6) is 1.03. The number of benzene rings is 1. The molecule has 4 heteroatoms. The molecule has 0 unspecified atom stereocenters. The van der Waals surface area contributed by atoms with E-state index in [0.717, 1.165) is 27.9 Å². The summed E-state index contributed by atoms with van der Waals surface area (Å²) in [7, 11) is 0. The highest BCUT2D eigenvalue weighted by atomic mass is 16.3. The van der Waals surface area contributed by atoms with Crippen molar-refractivity contribution in [2.75, 3.05) is 0 Å². The average molecular weight is 297 g/mol. The van der Waals surface area contributed by atoms with Crippen LogP contribution in [0.15, 0.2) is 47.1 Å². The molecule has 2 atom stereocenters. The maximum Gasteiger partial charge on any atom is 0.221 e. The van der Waals surface area contributed by atoms with Gasteiger partial charge in [-0.05, 0) is 39.0 Å². The number of rotatable bonds is 5. The molecule has 0 aliphatic carbocycles. The number of aromatic amines is 1. The number of nitrogens with two attached hydrogens (primary N) is 1. The van der Waals surface area contributed by atoms with Gasteiger partial charge in [-0.25, -0.2) is 0 Å². The van der Waals surface area contributed by atoms with Crippen molar-refractivity contribution >= 4 is 16.7 Å². The number of ketones is 1. The maximum atomic E-state index is 12.9. The van der Waals surface area contributed by atoms with Crippen molar-refractivity contribution in [3.05, 3.63) is 59.7 Å². The first-order valence-corrected chi connectivity index (χ1v) is 7.58. The quantitative estimate of drug-likeness (QED) is 0.711. The van der Waals surface area contributed by atoms with E-state index in [9.17, 15) is 4.79 Å². The van der Waals surface area contributed by atoms with Crippen LogP contribution in [0.5, 0.6) is 0 Å². The lowest BCUT2D eigenvalue weighted by atomic mass is 10.0. The topological polar surface area (TPSA) is 62.6 Å². The Balaban J connectivity index is 1.84. The van der Waals surface area contributed by atoms with Gasteiger partial charge in [0.15, 0.2) is 5.76 Å². The van der Waals surface area contributed by atoms with Crippen molar-refractivity contribution in [2.45, 2.75) is 32.9 Å². The number of aromatic nitrogens is 1. The third-order valence-electron chi connectivity index (χ3n) is 4.12. The van der Waals surface area contributed by atoms with Gasteiger partial charge in [0.05, 0.1) is 11.8 Å². The van der Waals surface area contributed by atoms with Gasteiger partial charge < -0.3 is 14.7 Å². The van der Waals surface area contributed by atoms with Crippen LogP contribution in [-0.2, 0) is 0 Å². The minimum Gasteiger partial charge on any atom is -0.463 e. The first kappa shape index (κ1) is 14.6. The summed E-state index contributed by atoms with van der Waals surface area (Å²) < 4.78 is 5.41. The summed E-state index contributed by atoms with van der Waals surface area (Å²) in [5.41, 5.74) is 2.73. The van der Waals surface area contributed by atoms with E-state index in [2.05, 4.69) is 4.98 Å². The summed E-state index contributed by atoms with van der Waals surface area (Å²) in [5, 5.41) is 3.04. The van der Waals surface area contributed by atoms with Crippen molar-refractivity contribution in [3.63, 3.8) is 0 Å². The Kier molecular flexibility index (Phi) is 3.86. The molecule has 0 saturated heterocycles. The lowest BCUT2D eigenvalue weighted by Crippen LogP contribution is -2.91. The zero-order valence-electron chi connectivity index (χ0n) is 13.1. The monoisotopic (exact) mass is 297 g/mol. The fourth-order valence-corrected chi connectivity index (χ4v) is 2.99. The van der Waals surface area contributed by atoms with E-state index in [1.807, 2.05) is 62.5 Å². The van der Waals surface area contributed by atoms with Crippen LogP contribution in [0.4, 0.5) is 0 Å². The Morgan fingerprint density at radius 2 is 1.95 bits per heavy atom. The van der Waals surface area contributed by atoms with Gasteiger partial charge in [-0.1, -0.05) is 18.2 Å². The van der Waals surface area contributed by atoms with Gasteiger partial charge in [-0.15, -0.1) is 0 Å². The molecule has 2 aromatic heterocycles. The lowest BCUT2D eigenvalue weighted by Gasteiger charge is -2.14. The highest BCUT2D eigenvalue weighted by Crippen LogP contribution is 2.23. The van der Waals surface area contributed by atoms with Crippen molar-refractivity contribution in [1.82, 2.24) is 4.98 Å². The van der Waals surface area contributed by atoms with Crippen molar-refractivity contribution in [2.24, 2.45) is 0 Å². The molecule has 3 aromatic rings. The minimum atomic E-state index is -0.169. The fourth-order valence-electron chi connectivity index (χ4n) is 2.99. The van der Waals surface area contributed by atoms with Gasteiger partial charge in [0.1, 0.15) is 12.1 Å². The number of nitrogens with one attached hydrogen (secondary N) is 1. The number of aryl methyl sites for hydroxylation is 1. The molecule has 0 spiro atoms. The highest BCUT2D eigenvalue weighted by Gasteiger charge is 2.26. The number of carbonyl (C=O) groups excluding carboxylic acids is 1. The van der Waals surface area contributed by atoms with Gasteiger partial charge in [0.2, 0.25) is 5.78 Å². The van der Waals surface area contributed by atoms with Crippen LogP contribution < -0.4 is 5.32 Å². The number of quaternary nitrogens is 1. The van der Waals surface area contributed by atoms with Crippen molar-refractivity contribution in [1.29, 1.82) is 0 Å². The van der Waals surface area contributed by atoms with E-state index < -0.39 is 0 Å². The molecule has 0 aliphatic rings. The number of H-pyrrole nitrogens is 1. The van der Waals surface area contributed by atoms with E-state index in [1.165, 1.54) is 0 Å². The van der Waals surface area contributed by atoms with Gasteiger partial charge >= 0.3 is 0 Å². The SMILES string of the molecule is Cc1[nH]c2ccccc2c1C(=O)[C@@H](C)[NH2+][C@@H](C)c1ccco1. The Morgan fingerprint density at radius 1 is 1.18 bits per heavy atom. The van der Waals surface area contributed by atoms with Crippen LogP contribution in [0.3, 0.4) is 0 Å². The van der Waals surface area contributed by atoms with E-state index >= 15 is 0 Å². The molecule has 0 fully saturated rings. The van der Waals surface area contributed by atoms with E-state index in [4.69, 9.17) is 4.42 Å². The molecule has 0 aliphatic heterocycles. The second kappa shape index (κ2) is 5.81. The molecule has 3 N–H and O–H groups in total. The molecule has 0 amide bonds. The molecule has 22 heavy (non-hydrogen) atoms. The molecule has 1 aromatic carbocycles. The second-order valence-corrected chi connectivity index (χ2v) is 5.82. The number of Topliss-reactive ketones (excluding diaryl/α,β-unsaturated/α-hetero) is 1. The van der Waals surface area contributed by atoms with Crippen molar-refractivity contribution < 1.29 is 14.5 Å². The third-order valence-corrected chi connectivity index (χ3v) is 4.12. The zero-order chi connectivity index (χ0) is 15.7. The van der Waals surface area contributed by atoms with Crippen LogP contribution in [0.2, 0.25) is 0 Å². The van der Waals surface area contributed by atoms with Crippen LogP contribution in [0.25, 0.3) is 10.9 Å². The molecule has 114 valence electrons. The maximum absolute atomic E-state index is 12.9. The van der Waals surface area contributed by atoms with Crippen LogP contribution in [0.1, 0.15) is 41.7 Å². The first-order chi connectivity index (χ1) is 10.6. The number of furan rings is 1. The zero-order valence-corrected chi connectivity index (χ0v) is 13.1. The Hall–Kier alpha value is -2.33. The molecule has 4 nitrogen and oxygen atoms in total. The summed E-state index contributed by atoms with van der Waals surface area (Å²) >= 11 is 0. The third kappa shape index (κ3) is 2.57. The highest BCUT2D eigenvalue weighted by molar-refractivity contribution is 6.10. The number of hydrogen-bond donors (Lipinski definition) is 2. The Labute approximate surface area is 129 Å². The molecule has 0 bridgehead atoms. The van der Waals surface area contributed by atoms with Crippen molar-refractivity contribution in [3.8, 4) is 0 Å². The van der Waals surface area contributed by atoms with Gasteiger partial charge in [0.25, 0.3) is 0 Å². The molecular weight excluding hydrogens is 276 g/mol. The number of hydrogen-bond acceptors (Lipinski definition) is 2. The lowest BCUT2D eigenvalue weighted by molar-refractivity contribution is -0.710. The van der Waals surface area contributed by atoms with Gasteiger partial charge in [-0.2, -0.15) is 0 Å². The molecule has 0 radical (unpaired) electrons. The normalized spacial score (nSPS) is 14.1. The van der Waals surface area contributed by atoms with Crippen LogP contribution in [-0.4, -0.2) is 16.8 Å². The summed E-state index contributed by atoms with van der Waals surface area (Å²) in [6.45, 7) is 5.95. The predicted octanol–water partition coefficient (Wildman–Crippen LogP) is 2.97. The second-order valence-electron chi connectivity index (χ2n) is 5.82. The predicted molar refractivity (Wildman–Crippen MR) is 85.9 cm³/mol. The fraction of sp³-hybridized carbons (Fsp3) is 0.278. The standard InChI is InChI=1S/C18H20N2O2/c1-11(16-9-6-10-22-16)19-13(3)18(21)17-12(2)20-15-8-5-4-7-14(15)17/h4-11,13,19-20H,1-3H3/p+1/t11-,13+/m0/s1. The van der Waals surface area contributed by atoms with E-state index in [-0.39, 0.29) is 17.9 Å². The van der Waals surface area contributed by atoms with Gasteiger partial charge in [0, 0.05) is 16.6 Å². The summed E-state index contributed by atoms with van der Waals surface area (Å²) in [4.78, 5) is 16.2. The van der Waals surface area contributed by atoms with Gasteiger partial charge in [-0.3, -0.25) is 4.79 Å². The Morgan fingerprint density at radius 3 is 2.68 bits per heavy atom. The Bertz CT molecular complexity index is 787. The average Bonchev–Trinajstić information content (AvgIpc) is 3.13. The number of fused-ring (bicyclic) bond motifs is 1. The van der Waals surface area contributed by atoms with Crippen LogP contribution >= 0.6 is 0 Å². The minimum absolute atomic E-state index is 0.111. The number of carbonyl (C=O) groups is 1. The summed E-state index contributed by atoms with van der Waals surface area (Å²) in [6.07, 6.45) is 1.66. The van der Waals surface area contributed by atoms with E-state index in [1.54, 1.807) is 6.26 Å². The smallest absolute Gasteiger partial charge is 0.221 e. The molecule has 3 rings (SSSR count). The molecule has 0 saturated carbocycles. The first-order valence-electron chi connectivity index (χ1n) is 7.58. The van der Waals surface area contributed by atoms with Crippen LogP contribution in [0, 0.1) is 6.92 Å². The largest absolute Gasteiger partial charge is 0.463 e. The van der Waals surface area contributed by atoms with E-state index in [0.29, 0.717) is 0 Å². The molecule has 2 heterocycles. The number of para-hydroxylation sites is 1.